The SMILES string of the molecule is CC.CC1CN(N)C[C@@H](C2=CCN(C)N=C2)O1. The number of rotatable bonds is 1. The second-order valence-electron chi connectivity index (χ2n) is 4.18. The number of hydrogen-bond donors (Lipinski definition) is 1. The van der Waals surface area contributed by atoms with Gasteiger partial charge in [0.1, 0.15) is 0 Å². The summed E-state index contributed by atoms with van der Waals surface area (Å²) < 4.78 is 5.83. The van der Waals surface area contributed by atoms with Crippen molar-refractivity contribution in [1.29, 1.82) is 0 Å². The zero-order chi connectivity index (χ0) is 12.8. The van der Waals surface area contributed by atoms with E-state index in [2.05, 4.69) is 11.2 Å². The van der Waals surface area contributed by atoms with Gasteiger partial charge in [-0.25, -0.2) is 5.01 Å². The first-order chi connectivity index (χ1) is 8.15. The summed E-state index contributed by atoms with van der Waals surface area (Å²) in [4.78, 5) is 0. The molecule has 0 aliphatic carbocycles. The highest BCUT2D eigenvalue weighted by molar-refractivity contribution is 5.80. The lowest BCUT2D eigenvalue weighted by Gasteiger charge is -2.35. The molecule has 0 radical (unpaired) electrons. The molecule has 2 N–H and O–H groups in total. The van der Waals surface area contributed by atoms with Crippen LogP contribution < -0.4 is 5.84 Å². The monoisotopic (exact) mass is 240 g/mol. The van der Waals surface area contributed by atoms with Crippen LogP contribution in [-0.2, 0) is 4.74 Å². The Morgan fingerprint density at radius 3 is 2.65 bits per heavy atom. The number of nitrogens with zero attached hydrogens (tertiary/aromatic N) is 3. The van der Waals surface area contributed by atoms with Crippen LogP contribution in [0.5, 0.6) is 0 Å². The Balaban J connectivity index is 0.000000686. The molecule has 0 saturated carbocycles. The maximum absolute atomic E-state index is 5.83. The van der Waals surface area contributed by atoms with Gasteiger partial charge in [0.25, 0.3) is 0 Å². The number of morpholine rings is 1. The van der Waals surface area contributed by atoms with Crippen molar-refractivity contribution in [3.63, 3.8) is 0 Å². The first-order valence-electron chi connectivity index (χ1n) is 6.25. The first-order valence-corrected chi connectivity index (χ1v) is 6.25. The molecule has 2 aliphatic heterocycles. The summed E-state index contributed by atoms with van der Waals surface area (Å²) in [6, 6.07) is 0. The molecule has 1 fully saturated rings. The van der Waals surface area contributed by atoms with Gasteiger partial charge in [0.2, 0.25) is 0 Å². The van der Waals surface area contributed by atoms with Gasteiger partial charge >= 0.3 is 0 Å². The van der Waals surface area contributed by atoms with Crippen LogP contribution in [0.25, 0.3) is 0 Å². The van der Waals surface area contributed by atoms with E-state index in [4.69, 9.17) is 10.6 Å². The van der Waals surface area contributed by atoms with Gasteiger partial charge in [0.15, 0.2) is 0 Å². The van der Waals surface area contributed by atoms with Crippen LogP contribution in [0.3, 0.4) is 0 Å². The maximum Gasteiger partial charge on any atom is 0.0983 e. The fourth-order valence-electron chi connectivity index (χ4n) is 1.89. The molecule has 1 unspecified atom stereocenters. The van der Waals surface area contributed by atoms with E-state index in [0.717, 1.165) is 25.2 Å². The number of hydrazine groups is 1. The van der Waals surface area contributed by atoms with Crippen LogP contribution in [0.1, 0.15) is 20.8 Å². The van der Waals surface area contributed by atoms with Gasteiger partial charge in [-0.2, -0.15) is 5.10 Å². The molecule has 1 saturated heterocycles. The topological polar surface area (TPSA) is 54.1 Å². The molecule has 0 spiro atoms. The zero-order valence-corrected chi connectivity index (χ0v) is 11.3. The summed E-state index contributed by atoms with van der Waals surface area (Å²) >= 11 is 0. The van der Waals surface area contributed by atoms with Crippen molar-refractivity contribution in [3.05, 3.63) is 11.6 Å². The number of hydrogen-bond acceptors (Lipinski definition) is 5. The van der Waals surface area contributed by atoms with Gasteiger partial charge in [-0.3, -0.25) is 10.9 Å². The molecular weight excluding hydrogens is 216 g/mol. The summed E-state index contributed by atoms with van der Waals surface area (Å²) in [6.45, 7) is 8.41. The minimum absolute atomic E-state index is 0.0659. The van der Waals surface area contributed by atoms with Crippen LogP contribution in [0, 0.1) is 0 Å². The van der Waals surface area contributed by atoms with Crippen molar-refractivity contribution in [2.45, 2.75) is 33.0 Å². The number of hydrazone groups is 1. The Labute approximate surface area is 104 Å². The van der Waals surface area contributed by atoms with Crippen molar-refractivity contribution in [3.8, 4) is 0 Å². The largest absolute Gasteiger partial charge is 0.368 e. The van der Waals surface area contributed by atoms with Crippen molar-refractivity contribution >= 4 is 6.21 Å². The van der Waals surface area contributed by atoms with Crippen LogP contribution in [-0.4, -0.2) is 55.1 Å². The highest BCUT2D eigenvalue weighted by Gasteiger charge is 2.26. The molecule has 0 aromatic carbocycles. The van der Waals surface area contributed by atoms with Crippen molar-refractivity contribution < 1.29 is 4.74 Å². The fourth-order valence-corrected chi connectivity index (χ4v) is 1.89. The Kier molecular flexibility index (Phi) is 5.61. The molecule has 2 atom stereocenters. The molecule has 0 amide bonds. The van der Waals surface area contributed by atoms with Crippen LogP contribution >= 0.6 is 0 Å². The van der Waals surface area contributed by atoms with Crippen LogP contribution in [0.15, 0.2) is 16.8 Å². The lowest BCUT2D eigenvalue weighted by atomic mass is 10.1. The zero-order valence-electron chi connectivity index (χ0n) is 11.3. The highest BCUT2D eigenvalue weighted by Crippen LogP contribution is 2.16. The molecule has 0 aromatic heterocycles. The van der Waals surface area contributed by atoms with Gasteiger partial charge < -0.3 is 4.74 Å². The van der Waals surface area contributed by atoms with Crippen molar-refractivity contribution in [2.75, 3.05) is 26.7 Å². The summed E-state index contributed by atoms with van der Waals surface area (Å²) in [5, 5.41) is 7.93. The number of nitrogens with two attached hydrogens (primary N) is 1. The quantitative estimate of drug-likeness (QED) is 0.690. The third kappa shape index (κ3) is 4.11. The van der Waals surface area contributed by atoms with Crippen molar-refractivity contribution in [1.82, 2.24) is 10.0 Å². The van der Waals surface area contributed by atoms with E-state index in [9.17, 15) is 0 Å². The third-order valence-corrected chi connectivity index (χ3v) is 2.66. The molecule has 2 heterocycles. The molecule has 0 aromatic rings. The predicted octanol–water partition coefficient (Wildman–Crippen LogP) is 0.833. The Bertz CT molecular complexity index is 280. The lowest BCUT2D eigenvalue weighted by molar-refractivity contribution is -0.0582. The minimum atomic E-state index is 0.0659. The summed E-state index contributed by atoms with van der Waals surface area (Å²) in [5.41, 5.74) is 1.13. The average Bonchev–Trinajstić information content (AvgIpc) is 2.31. The molecule has 17 heavy (non-hydrogen) atoms. The second kappa shape index (κ2) is 6.74. The summed E-state index contributed by atoms with van der Waals surface area (Å²) in [5.74, 6) is 5.82. The Hall–Kier alpha value is -0.910. The van der Waals surface area contributed by atoms with E-state index >= 15 is 0 Å². The van der Waals surface area contributed by atoms with Gasteiger partial charge in [-0.05, 0) is 12.5 Å². The smallest absolute Gasteiger partial charge is 0.0983 e. The van der Waals surface area contributed by atoms with Gasteiger partial charge in [0, 0.05) is 20.1 Å². The maximum atomic E-state index is 5.83. The summed E-state index contributed by atoms with van der Waals surface area (Å²) in [6.07, 6.45) is 4.25. The lowest BCUT2D eigenvalue weighted by Crippen LogP contribution is -2.50. The van der Waals surface area contributed by atoms with Crippen LogP contribution in [0.4, 0.5) is 0 Å². The van der Waals surface area contributed by atoms with E-state index in [-0.39, 0.29) is 12.2 Å². The number of likely N-dealkylation sites (N-methyl/N-ethyl adjacent to an activating group) is 1. The van der Waals surface area contributed by atoms with E-state index in [1.165, 1.54) is 0 Å². The molecule has 0 bridgehead atoms. The molecular formula is C12H24N4O. The molecule has 98 valence electrons. The molecule has 2 rings (SSSR count). The third-order valence-electron chi connectivity index (χ3n) is 2.66. The first kappa shape index (κ1) is 14.2. The normalized spacial score (nSPS) is 29.5. The van der Waals surface area contributed by atoms with E-state index in [1.807, 2.05) is 44.1 Å². The van der Waals surface area contributed by atoms with Gasteiger partial charge in [0.05, 0.1) is 25.0 Å². The van der Waals surface area contributed by atoms with E-state index in [0.29, 0.717) is 0 Å². The van der Waals surface area contributed by atoms with E-state index in [1.54, 1.807) is 0 Å². The molecule has 2 aliphatic rings. The highest BCUT2D eigenvalue weighted by atomic mass is 16.5. The van der Waals surface area contributed by atoms with Crippen molar-refractivity contribution in [2.24, 2.45) is 10.9 Å². The van der Waals surface area contributed by atoms with Crippen LogP contribution in [0.2, 0.25) is 0 Å². The molecule has 5 heteroatoms. The molecule has 5 nitrogen and oxygen atoms in total. The second-order valence-corrected chi connectivity index (χ2v) is 4.18. The predicted molar refractivity (Wildman–Crippen MR) is 70.6 cm³/mol. The Morgan fingerprint density at radius 1 is 1.41 bits per heavy atom. The standard InChI is InChI=1S/C10H18N4O.C2H6/c1-8-6-14(11)7-10(15-8)9-3-4-13(2)12-5-9;1-2/h3,5,8,10H,4,6-7,11H2,1-2H3;1-2H3/t8?,10-;/m0./s1. The van der Waals surface area contributed by atoms with E-state index < -0.39 is 0 Å². The van der Waals surface area contributed by atoms with Gasteiger partial charge in [-0.15, -0.1) is 0 Å². The average molecular weight is 240 g/mol. The fraction of sp³-hybridized carbons (Fsp3) is 0.750. The minimum Gasteiger partial charge on any atom is -0.368 e. The number of ether oxygens (including phenoxy) is 1. The summed E-state index contributed by atoms with van der Waals surface area (Å²) in [7, 11) is 1.95. The van der Waals surface area contributed by atoms with Gasteiger partial charge in [-0.1, -0.05) is 19.9 Å². The Morgan fingerprint density at radius 2 is 2.12 bits per heavy atom.